The molecule has 1 amide bonds. The van der Waals surface area contributed by atoms with E-state index in [4.69, 9.17) is 9.47 Å². The number of amides is 1. The summed E-state index contributed by atoms with van der Waals surface area (Å²) in [6.07, 6.45) is 5.76. The summed E-state index contributed by atoms with van der Waals surface area (Å²) < 4.78 is 10.3. The maximum atomic E-state index is 12.4. The normalized spacial score (nSPS) is 26.9. The number of nitro benzene ring substituents is 1. The number of nitro groups is 1. The quantitative estimate of drug-likeness (QED) is 0.477. The van der Waals surface area contributed by atoms with Gasteiger partial charge in [-0.1, -0.05) is 19.8 Å². The Hall–Kier alpha value is -2.64. The van der Waals surface area contributed by atoms with Gasteiger partial charge in [0.15, 0.2) is 11.5 Å². The Morgan fingerprint density at radius 3 is 2.62 bits per heavy atom. The molecule has 1 N–H and O–H groups in total. The van der Waals surface area contributed by atoms with Gasteiger partial charge in [-0.15, -0.1) is 0 Å². The molecule has 8 heteroatoms. The molecule has 26 heavy (non-hydrogen) atoms. The van der Waals surface area contributed by atoms with Gasteiger partial charge in [0.05, 0.1) is 37.0 Å². The molecule has 0 radical (unpaired) electrons. The van der Waals surface area contributed by atoms with Crippen LogP contribution in [0.3, 0.4) is 0 Å². The third kappa shape index (κ3) is 3.11. The van der Waals surface area contributed by atoms with E-state index < -0.39 is 4.92 Å². The number of ether oxygens (including phenoxy) is 2. The summed E-state index contributed by atoms with van der Waals surface area (Å²) in [5.41, 5.74) is 2.69. The van der Waals surface area contributed by atoms with Crippen molar-refractivity contribution in [3.63, 3.8) is 0 Å². The minimum Gasteiger partial charge on any atom is -0.493 e. The highest BCUT2D eigenvalue weighted by molar-refractivity contribution is 5.89. The van der Waals surface area contributed by atoms with Crippen LogP contribution in [0.4, 0.5) is 5.69 Å². The van der Waals surface area contributed by atoms with Crippen molar-refractivity contribution in [2.45, 2.75) is 32.6 Å². The van der Waals surface area contributed by atoms with Crippen molar-refractivity contribution in [2.75, 3.05) is 14.2 Å². The van der Waals surface area contributed by atoms with E-state index in [9.17, 15) is 14.9 Å². The lowest BCUT2D eigenvalue weighted by atomic mass is 9.90. The number of hydrazone groups is 1. The van der Waals surface area contributed by atoms with Crippen LogP contribution in [0, 0.1) is 27.4 Å². The Bertz CT molecular complexity index is 763. The minimum absolute atomic E-state index is 0.0115. The van der Waals surface area contributed by atoms with Crippen LogP contribution in [0.2, 0.25) is 0 Å². The van der Waals surface area contributed by atoms with Crippen LogP contribution >= 0.6 is 0 Å². The van der Waals surface area contributed by atoms with E-state index in [1.54, 1.807) is 0 Å². The van der Waals surface area contributed by atoms with E-state index in [2.05, 4.69) is 17.5 Å². The molecule has 0 bridgehead atoms. The smallest absolute Gasteiger partial charge is 0.282 e. The van der Waals surface area contributed by atoms with Crippen LogP contribution in [0.1, 0.15) is 38.2 Å². The first-order valence-corrected chi connectivity index (χ1v) is 8.65. The first kappa shape index (κ1) is 18.2. The second-order valence-electron chi connectivity index (χ2n) is 7.09. The summed E-state index contributed by atoms with van der Waals surface area (Å²) in [7, 11) is 2.85. The van der Waals surface area contributed by atoms with Crippen LogP contribution in [0.25, 0.3) is 0 Å². The van der Waals surface area contributed by atoms with Gasteiger partial charge in [-0.2, -0.15) is 5.10 Å². The zero-order valence-electron chi connectivity index (χ0n) is 15.2. The maximum absolute atomic E-state index is 12.4. The predicted molar refractivity (Wildman–Crippen MR) is 95.5 cm³/mol. The number of fused-ring (bicyclic) bond motifs is 1. The number of hydrogen-bond acceptors (Lipinski definition) is 6. The van der Waals surface area contributed by atoms with E-state index in [0.29, 0.717) is 11.7 Å². The summed E-state index contributed by atoms with van der Waals surface area (Å²) in [5, 5.41) is 15.2. The number of hydrogen-bond donors (Lipinski definition) is 1. The van der Waals surface area contributed by atoms with Crippen LogP contribution in [0.5, 0.6) is 11.5 Å². The van der Waals surface area contributed by atoms with Crippen molar-refractivity contribution in [3.05, 3.63) is 27.8 Å². The lowest BCUT2D eigenvalue weighted by Gasteiger charge is -2.15. The van der Waals surface area contributed by atoms with Crippen molar-refractivity contribution in [1.82, 2.24) is 5.43 Å². The average molecular weight is 361 g/mol. The largest absolute Gasteiger partial charge is 0.493 e. The lowest BCUT2D eigenvalue weighted by molar-refractivity contribution is -0.385. The fourth-order valence-corrected chi connectivity index (χ4v) is 4.23. The first-order chi connectivity index (χ1) is 12.4. The third-order valence-electron chi connectivity index (χ3n) is 5.72. The molecule has 1 aromatic rings. The molecule has 3 rings (SSSR count). The van der Waals surface area contributed by atoms with E-state index in [1.165, 1.54) is 39.0 Å². The van der Waals surface area contributed by atoms with Crippen molar-refractivity contribution >= 4 is 17.8 Å². The molecule has 2 saturated carbocycles. The lowest BCUT2D eigenvalue weighted by Crippen LogP contribution is -2.22. The topological polar surface area (TPSA) is 103 Å². The molecule has 2 fully saturated rings. The molecule has 1 aromatic carbocycles. The van der Waals surface area contributed by atoms with Crippen LogP contribution < -0.4 is 14.9 Å². The second kappa shape index (κ2) is 6.93. The summed E-state index contributed by atoms with van der Waals surface area (Å²) in [6, 6.07) is 2.74. The minimum atomic E-state index is -0.526. The maximum Gasteiger partial charge on any atom is 0.282 e. The monoisotopic (exact) mass is 361 g/mol. The van der Waals surface area contributed by atoms with Crippen molar-refractivity contribution < 1.29 is 19.2 Å². The highest BCUT2D eigenvalue weighted by Crippen LogP contribution is 2.66. The predicted octanol–water partition coefficient (Wildman–Crippen LogP) is 2.89. The van der Waals surface area contributed by atoms with Gasteiger partial charge < -0.3 is 9.47 Å². The highest BCUT2D eigenvalue weighted by atomic mass is 16.6. The van der Waals surface area contributed by atoms with Gasteiger partial charge in [-0.25, -0.2) is 5.43 Å². The van der Waals surface area contributed by atoms with Crippen LogP contribution in [-0.4, -0.2) is 31.3 Å². The number of carbonyl (C=O) groups is 1. The second-order valence-corrected chi connectivity index (χ2v) is 7.09. The van der Waals surface area contributed by atoms with Gasteiger partial charge in [0.1, 0.15) is 0 Å². The highest BCUT2D eigenvalue weighted by Gasteiger charge is 2.64. The summed E-state index contributed by atoms with van der Waals surface area (Å²) in [6.45, 7) is 2.16. The van der Waals surface area contributed by atoms with E-state index in [-0.39, 0.29) is 34.2 Å². The summed E-state index contributed by atoms with van der Waals surface area (Å²) in [5.74, 6) is 0.921. The Morgan fingerprint density at radius 1 is 1.35 bits per heavy atom. The molecule has 0 aliphatic heterocycles. The Kier molecular flexibility index (Phi) is 4.84. The third-order valence-corrected chi connectivity index (χ3v) is 5.72. The standard InChI is InChI=1S/C18H23N3O5/c1-18-7-5-4-6-12(18)16(18)17(22)20-19-10-11-8-14(25-2)15(26-3)9-13(11)21(23)24/h8-10,12,16H,4-7H2,1-3H3,(H,20,22)/b19-10-/t12-,16-,18-/m0/s1. The van der Waals surface area contributed by atoms with Crippen LogP contribution in [-0.2, 0) is 4.79 Å². The SMILES string of the molecule is COc1cc(/C=N\NC(=O)[C@@H]2[C@@H]3CCCC[C@]23C)c([N+](=O)[O-])cc1OC. The summed E-state index contributed by atoms with van der Waals surface area (Å²) >= 11 is 0. The molecular formula is C18H23N3O5. The Morgan fingerprint density at radius 2 is 2.04 bits per heavy atom. The van der Waals surface area contributed by atoms with Gasteiger partial charge in [0.25, 0.3) is 5.69 Å². The van der Waals surface area contributed by atoms with Gasteiger partial charge >= 0.3 is 0 Å². The zero-order valence-corrected chi connectivity index (χ0v) is 15.2. The molecule has 0 saturated heterocycles. The molecule has 0 aromatic heterocycles. The number of carbonyl (C=O) groups excluding carboxylic acids is 1. The Balaban J connectivity index is 1.74. The Labute approximate surface area is 151 Å². The molecule has 0 spiro atoms. The molecule has 140 valence electrons. The number of rotatable bonds is 6. The average Bonchev–Trinajstić information content (AvgIpc) is 3.26. The summed E-state index contributed by atoms with van der Waals surface area (Å²) in [4.78, 5) is 23.2. The fraction of sp³-hybridized carbons (Fsp3) is 0.556. The molecule has 0 heterocycles. The molecular weight excluding hydrogens is 338 g/mol. The molecule has 8 nitrogen and oxygen atoms in total. The van der Waals surface area contributed by atoms with E-state index in [1.807, 2.05) is 0 Å². The number of benzene rings is 1. The molecule has 3 atom stereocenters. The number of nitrogens with one attached hydrogen (secondary N) is 1. The van der Waals surface area contributed by atoms with Crippen molar-refractivity contribution in [2.24, 2.45) is 22.4 Å². The fourth-order valence-electron chi connectivity index (χ4n) is 4.23. The molecule has 2 aliphatic rings. The van der Waals surface area contributed by atoms with Gasteiger partial charge in [0.2, 0.25) is 5.91 Å². The first-order valence-electron chi connectivity index (χ1n) is 8.65. The van der Waals surface area contributed by atoms with Gasteiger partial charge in [-0.05, 0) is 30.2 Å². The number of methoxy groups -OCH3 is 2. The number of nitrogens with zero attached hydrogens (tertiary/aromatic N) is 2. The molecule has 2 aliphatic carbocycles. The van der Waals surface area contributed by atoms with Crippen molar-refractivity contribution in [1.29, 1.82) is 0 Å². The van der Waals surface area contributed by atoms with Crippen LogP contribution in [0.15, 0.2) is 17.2 Å². The molecule has 0 unspecified atom stereocenters. The van der Waals surface area contributed by atoms with E-state index in [0.717, 1.165) is 19.3 Å². The van der Waals surface area contributed by atoms with E-state index >= 15 is 0 Å². The van der Waals surface area contributed by atoms with Gasteiger partial charge in [0, 0.05) is 5.92 Å². The van der Waals surface area contributed by atoms with Crippen molar-refractivity contribution in [3.8, 4) is 11.5 Å². The van der Waals surface area contributed by atoms with Gasteiger partial charge in [-0.3, -0.25) is 14.9 Å². The zero-order chi connectivity index (χ0) is 18.9.